The van der Waals surface area contributed by atoms with Crippen LogP contribution in [0, 0.1) is 5.41 Å². The SMILES string of the molecule is [B]CC1(C=C)COC1. The van der Waals surface area contributed by atoms with E-state index < -0.39 is 0 Å². The zero-order chi connectivity index (χ0) is 6.04. The molecule has 1 nitrogen and oxygen atoms in total. The minimum absolute atomic E-state index is 0.125. The van der Waals surface area contributed by atoms with E-state index in [0.29, 0.717) is 6.32 Å². The highest BCUT2D eigenvalue weighted by Crippen LogP contribution is 2.31. The van der Waals surface area contributed by atoms with Gasteiger partial charge in [-0.15, -0.1) is 6.58 Å². The Kier molecular flexibility index (Phi) is 1.43. The average Bonchev–Trinajstić information content (AvgIpc) is 1.67. The maximum atomic E-state index is 5.43. The van der Waals surface area contributed by atoms with Gasteiger partial charge in [0.25, 0.3) is 0 Å². The Balaban J connectivity index is 2.45. The first kappa shape index (κ1) is 5.89. The van der Waals surface area contributed by atoms with Crippen LogP contribution in [0.4, 0.5) is 0 Å². The van der Waals surface area contributed by atoms with E-state index in [0.717, 1.165) is 13.2 Å². The molecule has 0 amide bonds. The van der Waals surface area contributed by atoms with Crippen LogP contribution in [0.1, 0.15) is 0 Å². The Morgan fingerprint density at radius 2 is 2.38 bits per heavy atom. The monoisotopic (exact) mass is 108 g/mol. The molecule has 1 aliphatic heterocycles. The lowest BCUT2D eigenvalue weighted by atomic mass is 9.75. The van der Waals surface area contributed by atoms with Crippen molar-refractivity contribution in [3.05, 3.63) is 12.7 Å². The predicted molar refractivity (Wildman–Crippen MR) is 34.0 cm³/mol. The molecule has 0 bridgehead atoms. The fourth-order valence-electron chi connectivity index (χ4n) is 0.683. The van der Waals surface area contributed by atoms with E-state index in [-0.39, 0.29) is 5.41 Å². The quantitative estimate of drug-likeness (QED) is 0.375. The van der Waals surface area contributed by atoms with Gasteiger partial charge in [0.15, 0.2) is 0 Å². The summed E-state index contributed by atoms with van der Waals surface area (Å²) in [5.41, 5.74) is 0.125. The fraction of sp³-hybridized carbons (Fsp3) is 0.667. The second-order valence-electron chi connectivity index (χ2n) is 2.26. The first-order chi connectivity index (χ1) is 3.83. The molecule has 0 saturated carbocycles. The normalized spacial score (nSPS) is 24.0. The Labute approximate surface area is 51.1 Å². The van der Waals surface area contributed by atoms with E-state index in [2.05, 4.69) is 6.58 Å². The van der Waals surface area contributed by atoms with Gasteiger partial charge in [-0.3, -0.25) is 0 Å². The van der Waals surface area contributed by atoms with E-state index >= 15 is 0 Å². The smallest absolute Gasteiger partial charge is 0.0667 e. The van der Waals surface area contributed by atoms with Gasteiger partial charge < -0.3 is 4.74 Å². The lowest BCUT2D eigenvalue weighted by molar-refractivity contribution is -0.0701. The van der Waals surface area contributed by atoms with Crippen LogP contribution >= 0.6 is 0 Å². The summed E-state index contributed by atoms with van der Waals surface area (Å²) in [6, 6.07) is 0. The molecule has 0 atom stereocenters. The van der Waals surface area contributed by atoms with Gasteiger partial charge in [0, 0.05) is 5.41 Å². The minimum Gasteiger partial charge on any atom is -0.380 e. The summed E-state index contributed by atoms with van der Waals surface area (Å²) < 4.78 is 4.97. The Bertz CT molecular complexity index is 91.2. The van der Waals surface area contributed by atoms with Crippen molar-refractivity contribution in [3.8, 4) is 0 Å². The molecule has 1 saturated heterocycles. The molecule has 1 heterocycles. The van der Waals surface area contributed by atoms with Gasteiger partial charge in [-0.2, -0.15) is 0 Å². The zero-order valence-electron chi connectivity index (χ0n) is 4.89. The van der Waals surface area contributed by atoms with Gasteiger partial charge in [0.05, 0.1) is 21.1 Å². The van der Waals surface area contributed by atoms with Crippen LogP contribution in [-0.2, 0) is 4.74 Å². The highest BCUT2D eigenvalue weighted by atomic mass is 16.5. The maximum Gasteiger partial charge on any atom is 0.0667 e. The van der Waals surface area contributed by atoms with Gasteiger partial charge in [0.1, 0.15) is 0 Å². The van der Waals surface area contributed by atoms with Gasteiger partial charge in [0.2, 0.25) is 0 Å². The number of hydrogen-bond donors (Lipinski definition) is 0. The van der Waals surface area contributed by atoms with E-state index in [1.165, 1.54) is 0 Å². The Morgan fingerprint density at radius 1 is 1.75 bits per heavy atom. The standard InChI is InChI=1S/C6H9BO/c1-2-6(3-7)4-8-5-6/h2H,1,3-5H2. The fourth-order valence-corrected chi connectivity index (χ4v) is 0.683. The Morgan fingerprint density at radius 3 is 2.38 bits per heavy atom. The van der Waals surface area contributed by atoms with E-state index in [1.54, 1.807) is 0 Å². The molecule has 0 aromatic carbocycles. The van der Waals surface area contributed by atoms with Crippen molar-refractivity contribution in [1.29, 1.82) is 0 Å². The van der Waals surface area contributed by atoms with Crippen LogP contribution in [0.25, 0.3) is 0 Å². The minimum atomic E-state index is 0.125. The summed E-state index contributed by atoms with van der Waals surface area (Å²) in [6.07, 6.45) is 2.55. The highest BCUT2D eigenvalue weighted by Gasteiger charge is 2.32. The molecular formula is C6H9BO. The van der Waals surface area contributed by atoms with Gasteiger partial charge in [-0.25, -0.2) is 0 Å². The molecule has 0 aromatic heterocycles. The molecule has 8 heavy (non-hydrogen) atoms. The van der Waals surface area contributed by atoms with E-state index in [4.69, 9.17) is 12.6 Å². The van der Waals surface area contributed by atoms with E-state index in [9.17, 15) is 0 Å². The summed E-state index contributed by atoms with van der Waals surface area (Å²) in [6.45, 7) is 5.18. The molecule has 2 heteroatoms. The number of rotatable bonds is 2. The maximum absolute atomic E-state index is 5.43. The summed E-state index contributed by atoms with van der Waals surface area (Å²) in [5.74, 6) is 0. The molecule has 1 fully saturated rings. The largest absolute Gasteiger partial charge is 0.380 e. The first-order valence-corrected chi connectivity index (χ1v) is 2.74. The topological polar surface area (TPSA) is 9.23 Å². The lowest BCUT2D eigenvalue weighted by Gasteiger charge is -2.38. The van der Waals surface area contributed by atoms with Gasteiger partial charge in [-0.1, -0.05) is 12.4 Å². The van der Waals surface area contributed by atoms with Crippen LogP contribution in [0.5, 0.6) is 0 Å². The molecule has 2 radical (unpaired) electrons. The third-order valence-electron chi connectivity index (χ3n) is 1.62. The summed E-state index contributed by atoms with van der Waals surface area (Å²) in [7, 11) is 5.43. The first-order valence-electron chi connectivity index (χ1n) is 2.74. The van der Waals surface area contributed by atoms with Crippen molar-refractivity contribution in [2.45, 2.75) is 6.32 Å². The molecular weight excluding hydrogens is 98.9 g/mol. The summed E-state index contributed by atoms with van der Waals surface area (Å²) in [5, 5.41) is 0. The lowest BCUT2D eigenvalue weighted by Crippen LogP contribution is -2.40. The predicted octanol–water partition coefficient (Wildman–Crippen LogP) is 0.776. The van der Waals surface area contributed by atoms with Crippen LogP contribution in [0.2, 0.25) is 6.32 Å². The third kappa shape index (κ3) is 0.691. The second-order valence-corrected chi connectivity index (χ2v) is 2.26. The van der Waals surface area contributed by atoms with Crippen LogP contribution < -0.4 is 0 Å². The van der Waals surface area contributed by atoms with E-state index in [1.807, 2.05) is 6.08 Å². The van der Waals surface area contributed by atoms with Crippen LogP contribution in [0.3, 0.4) is 0 Å². The summed E-state index contributed by atoms with van der Waals surface area (Å²) >= 11 is 0. The van der Waals surface area contributed by atoms with Crippen molar-refractivity contribution in [3.63, 3.8) is 0 Å². The molecule has 0 spiro atoms. The van der Waals surface area contributed by atoms with Crippen LogP contribution in [0.15, 0.2) is 12.7 Å². The number of ether oxygens (including phenoxy) is 1. The van der Waals surface area contributed by atoms with Gasteiger partial charge >= 0.3 is 0 Å². The van der Waals surface area contributed by atoms with Gasteiger partial charge in [-0.05, 0) is 0 Å². The molecule has 1 rings (SSSR count). The number of hydrogen-bond acceptors (Lipinski definition) is 1. The average molecular weight is 108 g/mol. The van der Waals surface area contributed by atoms with Crippen molar-refractivity contribution < 1.29 is 4.74 Å². The molecule has 0 unspecified atom stereocenters. The zero-order valence-corrected chi connectivity index (χ0v) is 4.89. The van der Waals surface area contributed by atoms with Crippen LogP contribution in [-0.4, -0.2) is 21.1 Å². The third-order valence-corrected chi connectivity index (χ3v) is 1.62. The molecule has 0 aliphatic carbocycles. The molecule has 0 N–H and O–H groups in total. The molecule has 0 aromatic rings. The molecule has 1 aliphatic rings. The van der Waals surface area contributed by atoms with Crippen molar-refractivity contribution in [2.75, 3.05) is 13.2 Å². The van der Waals surface area contributed by atoms with Crippen molar-refractivity contribution >= 4 is 7.85 Å². The van der Waals surface area contributed by atoms with Crippen molar-refractivity contribution in [2.24, 2.45) is 5.41 Å². The second kappa shape index (κ2) is 1.94. The molecule has 42 valence electrons. The summed E-state index contributed by atoms with van der Waals surface area (Å²) in [4.78, 5) is 0. The highest BCUT2D eigenvalue weighted by molar-refractivity contribution is 6.09. The van der Waals surface area contributed by atoms with Crippen molar-refractivity contribution in [1.82, 2.24) is 0 Å². The Hall–Kier alpha value is -0.235.